The van der Waals surface area contributed by atoms with Crippen LogP contribution in [0.1, 0.15) is 21.7 Å². The first-order valence-corrected chi connectivity index (χ1v) is 8.04. The van der Waals surface area contributed by atoms with Crippen LogP contribution in [0, 0.1) is 19.7 Å². The maximum Gasteiger partial charge on any atom is 0.261 e. The van der Waals surface area contributed by atoms with Crippen molar-refractivity contribution in [1.29, 1.82) is 0 Å². The Balaban J connectivity index is 1.94. The van der Waals surface area contributed by atoms with Crippen LogP contribution >= 0.6 is 15.9 Å². The number of aromatic nitrogens is 1. The van der Waals surface area contributed by atoms with Crippen LogP contribution < -0.4 is 5.32 Å². The van der Waals surface area contributed by atoms with Crippen LogP contribution in [0.3, 0.4) is 0 Å². The van der Waals surface area contributed by atoms with Crippen molar-refractivity contribution in [3.05, 3.63) is 69.6 Å². The number of aryl methyl sites for hydroxylation is 2. The lowest BCUT2D eigenvalue weighted by Gasteiger charge is -2.07. The summed E-state index contributed by atoms with van der Waals surface area (Å²) in [6.07, 6.45) is 0. The van der Waals surface area contributed by atoms with E-state index in [2.05, 4.69) is 26.4 Å². The number of nitrogens with zero attached hydrogens (tertiary/aromatic N) is 1. The molecule has 6 heteroatoms. The van der Waals surface area contributed by atoms with Gasteiger partial charge < -0.3 is 9.84 Å². The van der Waals surface area contributed by atoms with Gasteiger partial charge in [0.25, 0.3) is 5.91 Å². The van der Waals surface area contributed by atoms with Gasteiger partial charge >= 0.3 is 0 Å². The van der Waals surface area contributed by atoms with Crippen LogP contribution in [-0.4, -0.2) is 11.1 Å². The molecule has 0 aliphatic carbocycles. The number of anilines is 1. The van der Waals surface area contributed by atoms with Crippen molar-refractivity contribution in [3.63, 3.8) is 0 Å². The van der Waals surface area contributed by atoms with Crippen molar-refractivity contribution in [2.75, 3.05) is 5.32 Å². The Morgan fingerprint density at radius 3 is 2.54 bits per heavy atom. The van der Waals surface area contributed by atoms with Crippen LogP contribution in [0.2, 0.25) is 0 Å². The highest BCUT2D eigenvalue weighted by atomic mass is 79.9. The summed E-state index contributed by atoms with van der Waals surface area (Å²) in [5.41, 5.74) is 3.02. The highest BCUT2D eigenvalue weighted by molar-refractivity contribution is 9.10. The standard InChI is InChI=1S/C18H14BrFN2O2/c1-10-9-14(7-8-15(10)19)21-18(23)16-11(2)24-22-17(16)12-3-5-13(20)6-4-12/h3-9H,1-2H3,(H,21,23). The Kier molecular flexibility index (Phi) is 4.49. The molecular weight excluding hydrogens is 375 g/mol. The second kappa shape index (κ2) is 6.57. The molecule has 0 aliphatic heterocycles. The summed E-state index contributed by atoms with van der Waals surface area (Å²) in [5, 5.41) is 6.79. The fourth-order valence-corrected chi connectivity index (χ4v) is 2.61. The number of rotatable bonds is 3. The number of benzene rings is 2. The Morgan fingerprint density at radius 2 is 1.88 bits per heavy atom. The van der Waals surface area contributed by atoms with Gasteiger partial charge in [-0.25, -0.2) is 4.39 Å². The maximum atomic E-state index is 13.1. The van der Waals surface area contributed by atoms with Gasteiger partial charge in [0, 0.05) is 15.7 Å². The topological polar surface area (TPSA) is 55.1 Å². The van der Waals surface area contributed by atoms with E-state index in [9.17, 15) is 9.18 Å². The SMILES string of the molecule is Cc1cc(NC(=O)c2c(-c3ccc(F)cc3)noc2C)ccc1Br. The number of carbonyl (C=O) groups excluding carboxylic acids is 1. The van der Waals surface area contributed by atoms with E-state index >= 15 is 0 Å². The highest BCUT2D eigenvalue weighted by Gasteiger charge is 2.21. The number of amides is 1. The van der Waals surface area contributed by atoms with E-state index in [1.807, 2.05) is 19.1 Å². The molecule has 3 aromatic rings. The van der Waals surface area contributed by atoms with E-state index < -0.39 is 0 Å². The fraction of sp³-hybridized carbons (Fsp3) is 0.111. The lowest BCUT2D eigenvalue weighted by atomic mass is 10.1. The minimum Gasteiger partial charge on any atom is -0.360 e. The van der Waals surface area contributed by atoms with Gasteiger partial charge in [0.15, 0.2) is 0 Å². The van der Waals surface area contributed by atoms with E-state index in [-0.39, 0.29) is 11.7 Å². The number of nitrogens with one attached hydrogen (secondary N) is 1. The lowest BCUT2D eigenvalue weighted by molar-refractivity contribution is 0.102. The first-order chi connectivity index (χ1) is 11.5. The summed E-state index contributed by atoms with van der Waals surface area (Å²) >= 11 is 3.43. The molecule has 0 unspecified atom stereocenters. The molecule has 0 bridgehead atoms. The fourth-order valence-electron chi connectivity index (χ4n) is 2.36. The van der Waals surface area contributed by atoms with Gasteiger partial charge in [0.1, 0.15) is 22.8 Å². The first-order valence-electron chi connectivity index (χ1n) is 7.25. The molecule has 0 saturated carbocycles. The first kappa shape index (κ1) is 16.4. The van der Waals surface area contributed by atoms with E-state index in [0.29, 0.717) is 28.3 Å². The molecule has 1 heterocycles. The molecule has 122 valence electrons. The average molecular weight is 389 g/mol. The zero-order valence-electron chi connectivity index (χ0n) is 13.1. The van der Waals surface area contributed by atoms with Crippen molar-refractivity contribution in [2.24, 2.45) is 0 Å². The molecule has 0 spiro atoms. The summed E-state index contributed by atoms with van der Waals surface area (Å²) < 4.78 is 19.2. The van der Waals surface area contributed by atoms with Gasteiger partial charge in [-0.2, -0.15) is 0 Å². The molecule has 1 aromatic heterocycles. The summed E-state index contributed by atoms with van der Waals surface area (Å²) in [7, 11) is 0. The van der Waals surface area contributed by atoms with Gasteiger partial charge in [-0.15, -0.1) is 0 Å². The van der Waals surface area contributed by atoms with E-state index in [4.69, 9.17) is 4.52 Å². The molecule has 24 heavy (non-hydrogen) atoms. The van der Waals surface area contributed by atoms with Crippen LogP contribution in [0.15, 0.2) is 51.5 Å². The Bertz CT molecular complexity index is 904. The van der Waals surface area contributed by atoms with Crippen molar-refractivity contribution >= 4 is 27.5 Å². The number of halogens is 2. The Hall–Kier alpha value is -2.47. The molecule has 0 aliphatic rings. The monoisotopic (exact) mass is 388 g/mol. The van der Waals surface area contributed by atoms with Crippen LogP contribution in [-0.2, 0) is 0 Å². The van der Waals surface area contributed by atoms with Gasteiger partial charge in [0.2, 0.25) is 0 Å². The molecular formula is C18H14BrFN2O2. The second-order valence-corrected chi connectivity index (χ2v) is 6.24. The quantitative estimate of drug-likeness (QED) is 0.677. The van der Waals surface area contributed by atoms with Gasteiger partial charge in [-0.3, -0.25) is 4.79 Å². The molecule has 3 rings (SSSR count). The number of hydrogen-bond acceptors (Lipinski definition) is 3. The summed E-state index contributed by atoms with van der Waals surface area (Å²) in [6, 6.07) is 11.3. The minimum absolute atomic E-state index is 0.324. The zero-order chi connectivity index (χ0) is 17.3. The van der Waals surface area contributed by atoms with Crippen molar-refractivity contribution in [3.8, 4) is 11.3 Å². The average Bonchev–Trinajstić information content (AvgIpc) is 2.93. The molecule has 2 aromatic carbocycles. The third-order valence-corrected chi connectivity index (χ3v) is 4.51. The van der Waals surface area contributed by atoms with E-state index in [1.165, 1.54) is 12.1 Å². The van der Waals surface area contributed by atoms with Crippen LogP contribution in [0.25, 0.3) is 11.3 Å². The summed E-state index contributed by atoms with van der Waals surface area (Å²) in [6.45, 7) is 3.61. The largest absolute Gasteiger partial charge is 0.360 e. The predicted molar refractivity (Wildman–Crippen MR) is 93.5 cm³/mol. The molecule has 4 nitrogen and oxygen atoms in total. The zero-order valence-corrected chi connectivity index (χ0v) is 14.6. The molecule has 1 amide bonds. The number of carbonyl (C=O) groups is 1. The van der Waals surface area contributed by atoms with Crippen LogP contribution in [0.5, 0.6) is 0 Å². The summed E-state index contributed by atoms with van der Waals surface area (Å²) in [5.74, 6) is -0.272. The lowest BCUT2D eigenvalue weighted by Crippen LogP contribution is -2.13. The predicted octanol–water partition coefficient (Wildman–Crippen LogP) is 5.11. The molecule has 0 atom stereocenters. The highest BCUT2D eigenvalue weighted by Crippen LogP contribution is 2.27. The Morgan fingerprint density at radius 1 is 1.17 bits per heavy atom. The molecule has 1 N–H and O–H groups in total. The van der Waals surface area contributed by atoms with Gasteiger partial charge in [0.05, 0.1) is 0 Å². The van der Waals surface area contributed by atoms with Gasteiger partial charge in [-0.05, 0) is 61.9 Å². The Labute approximate surface area is 146 Å². The minimum atomic E-state index is -0.352. The molecule has 0 fully saturated rings. The second-order valence-electron chi connectivity index (χ2n) is 5.39. The van der Waals surface area contributed by atoms with Crippen molar-refractivity contribution in [2.45, 2.75) is 13.8 Å². The molecule has 0 radical (unpaired) electrons. The maximum absolute atomic E-state index is 13.1. The summed E-state index contributed by atoms with van der Waals surface area (Å²) in [4.78, 5) is 12.7. The third kappa shape index (κ3) is 3.23. The van der Waals surface area contributed by atoms with E-state index in [1.54, 1.807) is 25.1 Å². The number of hydrogen-bond donors (Lipinski definition) is 1. The van der Waals surface area contributed by atoms with E-state index in [0.717, 1.165) is 10.0 Å². The van der Waals surface area contributed by atoms with Crippen molar-refractivity contribution in [1.82, 2.24) is 5.16 Å². The van der Waals surface area contributed by atoms with Crippen molar-refractivity contribution < 1.29 is 13.7 Å². The van der Waals surface area contributed by atoms with Gasteiger partial charge in [-0.1, -0.05) is 21.1 Å². The third-order valence-electron chi connectivity index (χ3n) is 3.62. The smallest absolute Gasteiger partial charge is 0.261 e. The normalized spacial score (nSPS) is 10.7. The van der Waals surface area contributed by atoms with Crippen LogP contribution in [0.4, 0.5) is 10.1 Å². The molecule has 0 saturated heterocycles.